The van der Waals surface area contributed by atoms with Crippen LogP contribution in [0.5, 0.6) is 0 Å². The summed E-state index contributed by atoms with van der Waals surface area (Å²) in [5, 5.41) is 7.37. The Morgan fingerprint density at radius 2 is 1.81 bits per heavy atom. The highest BCUT2D eigenvalue weighted by Crippen LogP contribution is 2.24. The molecule has 0 aliphatic rings. The minimum atomic E-state index is -3.11. The Kier molecular flexibility index (Phi) is 7.41. The maximum Gasteiger partial charge on any atom is 0.244 e. The van der Waals surface area contributed by atoms with Crippen LogP contribution in [0.2, 0.25) is 0 Å². The average Bonchev–Trinajstić information content (AvgIpc) is 3.16. The van der Waals surface area contributed by atoms with Crippen LogP contribution in [0, 0.1) is 6.92 Å². The number of hydrogen-bond acceptors (Lipinski definition) is 4. The standard InChI is InChI=1S/C24H27N3O3S/c1-3-31(29,30)16-15-25-23(28)14-13-22-18-27(17-20-7-5-4-6-8-20)26-24(22)21-11-9-19(2)10-12-21/h4-14,18H,3,15-17H2,1-2H3,(H,25,28)/b14-13+. The first kappa shape index (κ1) is 22.5. The molecule has 1 N–H and O–H groups in total. The Labute approximate surface area is 183 Å². The lowest BCUT2D eigenvalue weighted by Gasteiger charge is -2.02. The normalized spacial score (nSPS) is 11.7. The second-order valence-corrected chi connectivity index (χ2v) is 9.82. The van der Waals surface area contributed by atoms with Gasteiger partial charge >= 0.3 is 0 Å². The molecular weight excluding hydrogens is 410 g/mol. The van der Waals surface area contributed by atoms with Crippen molar-refractivity contribution in [3.8, 4) is 11.3 Å². The quantitative estimate of drug-likeness (QED) is 0.520. The topological polar surface area (TPSA) is 81.1 Å². The van der Waals surface area contributed by atoms with Crippen molar-refractivity contribution in [1.82, 2.24) is 15.1 Å². The summed E-state index contributed by atoms with van der Waals surface area (Å²) in [5.41, 5.74) is 4.85. The molecule has 162 valence electrons. The first-order valence-electron chi connectivity index (χ1n) is 10.2. The first-order valence-corrected chi connectivity index (χ1v) is 12.0. The van der Waals surface area contributed by atoms with Crippen LogP contribution in [0.25, 0.3) is 17.3 Å². The molecule has 0 radical (unpaired) electrons. The third-order valence-electron chi connectivity index (χ3n) is 4.87. The summed E-state index contributed by atoms with van der Waals surface area (Å²) < 4.78 is 25.0. The SMILES string of the molecule is CCS(=O)(=O)CCNC(=O)/C=C/c1cn(Cc2ccccc2)nc1-c1ccc(C)cc1. The molecule has 0 aliphatic carbocycles. The van der Waals surface area contributed by atoms with E-state index in [0.29, 0.717) is 6.54 Å². The van der Waals surface area contributed by atoms with Crippen molar-refractivity contribution >= 4 is 21.8 Å². The molecule has 3 rings (SSSR count). The summed E-state index contributed by atoms with van der Waals surface area (Å²) in [5.74, 6) is -0.330. The molecular formula is C24H27N3O3S. The predicted molar refractivity (Wildman–Crippen MR) is 124 cm³/mol. The van der Waals surface area contributed by atoms with Crippen LogP contribution in [0.4, 0.5) is 0 Å². The minimum Gasteiger partial charge on any atom is -0.352 e. The Bertz CT molecular complexity index is 1150. The summed E-state index contributed by atoms with van der Waals surface area (Å²) in [6.45, 7) is 4.34. The number of amides is 1. The van der Waals surface area contributed by atoms with Gasteiger partial charge in [-0.2, -0.15) is 5.10 Å². The summed E-state index contributed by atoms with van der Waals surface area (Å²) >= 11 is 0. The molecule has 0 spiro atoms. The van der Waals surface area contributed by atoms with E-state index in [1.807, 2.05) is 72.4 Å². The van der Waals surface area contributed by atoms with E-state index in [0.717, 1.165) is 27.9 Å². The number of aromatic nitrogens is 2. The Hall–Kier alpha value is -3.19. The molecule has 0 bridgehead atoms. The fourth-order valence-electron chi connectivity index (χ4n) is 3.04. The van der Waals surface area contributed by atoms with Crippen LogP contribution < -0.4 is 5.32 Å². The minimum absolute atomic E-state index is 0.0628. The van der Waals surface area contributed by atoms with E-state index >= 15 is 0 Å². The Balaban J connectivity index is 1.79. The van der Waals surface area contributed by atoms with Gasteiger partial charge in [-0.3, -0.25) is 9.48 Å². The molecule has 0 unspecified atom stereocenters. The number of carbonyl (C=O) groups excluding carboxylic acids is 1. The molecule has 0 saturated carbocycles. The molecule has 1 heterocycles. The van der Waals surface area contributed by atoms with Crippen molar-refractivity contribution in [2.24, 2.45) is 0 Å². The van der Waals surface area contributed by atoms with Gasteiger partial charge < -0.3 is 5.32 Å². The molecule has 2 aromatic carbocycles. The smallest absolute Gasteiger partial charge is 0.244 e. The van der Waals surface area contributed by atoms with Gasteiger partial charge in [-0.05, 0) is 18.6 Å². The van der Waals surface area contributed by atoms with Gasteiger partial charge in [-0.1, -0.05) is 67.1 Å². The number of nitrogens with zero attached hydrogens (tertiary/aromatic N) is 2. The van der Waals surface area contributed by atoms with Crippen LogP contribution in [0.1, 0.15) is 23.6 Å². The summed E-state index contributed by atoms with van der Waals surface area (Å²) in [6, 6.07) is 18.1. The van der Waals surface area contributed by atoms with E-state index < -0.39 is 9.84 Å². The number of aryl methyl sites for hydroxylation is 1. The Morgan fingerprint density at radius 3 is 2.48 bits per heavy atom. The van der Waals surface area contributed by atoms with Crippen molar-refractivity contribution < 1.29 is 13.2 Å². The third-order valence-corrected chi connectivity index (χ3v) is 6.57. The second kappa shape index (κ2) is 10.2. The zero-order valence-corrected chi connectivity index (χ0v) is 18.6. The van der Waals surface area contributed by atoms with Gasteiger partial charge in [-0.25, -0.2) is 8.42 Å². The molecule has 7 heteroatoms. The highest BCUT2D eigenvalue weighted by molar-refractivity contribution is 7.91. The highest BCUT2D eigenvalue weighted by Gasteiger charge is 2.11. The molecule has 0 saturated heterocycles. The van der Waals surface area contributed by atoms with Crippen LogP contribution >= 0.6 is 0 Å². The zero-order chi connectivity index (χ0) is 22.3. The van der Waals surface area contributed by atoms with Crippen molar-refractivity contribution in [2.75, 3.05) is 18.1 Å². The van der Waals surface area contributed by atoms with Gasteiger partial charge in [0.25, 0.3) is 0 Å². The van der Waals surface area contributed by atoms with E-state index in [9.17, 15) is 13.2 Å². The molecule has 6 nitrogen and oxygen atoms in total. The highest BCUT2D eigenvalue weighted by atomic mass is 32.2. The number of sulfone groups is 1. The zero-order valence-electron chi connectivity index (χ0n) is 17.8. The van der Waals surface area contributed by atoms with E-state index in [1.54, 1.807) is 13.0 Å². The van der Waals surface area contributed by atoms with Gasteiger partial charge in [0, 0.05) is 35.7 Å². The van der Waals surface area contributed by atoms with Crippen LogP contribution in [-0.4, -0.2) is 42.2 Å². The van der Waals surface area contributed by atoms with Gasteiger partial charge in [0.1, 0.15) is 0 Å². The lowest BCUT2D eigenvalue weighted by Crippen LogP contribution is -2.28. The van der Waals surface area contributed by atoms with Gasteiger partial charge in [-0.15, -0.1) is 0 Å². The van der Waals surface area contributed by atoms with Crippen molar-refractivity contribution in [3.63, 3.8) is 0 Å². The van der Waals surface area contributed by atoms with Gasteiger partial charge in [0.05, 0.1) is 18.0 Å². The van der Waals surface area contributed by atoms with E-state index in [1.165, 1.54) is 6.08 Å². The number of benzene rings is 2. The fraction of sp³-hybridized carbons (Fsp3) is 0.250. The molecule has 0 atom stereocenters. The lowest BCUT2D eigenvalue weighted by atomic mass is 10.1. The second-order valence-electron chi connectivity index (χ2n) is 7.34. The molecule has 0 fully saturated rings. The first-order chi connectivity index (χ1) is 14.9. The number of nitrogens with one attached hydrogen (secondary N) is 1. The summed E-state index contributed by atoms with van der Waals surface area (Å²) in [6.07, 6.45) is 5.04. The number of rotatable bonds is 9. The van der Waals surface area contributed by atoms with Gasteiger partial charge in [0.15, 0.2) is 9.84 Å². The average molecular weight is 438 g/mol. The fourth-order valence-corrected chi connectivity index (χ4v) is 3.75. The van der Waals surface area contributed by atoms with Crippen LogP contribution in [0.15, 0.2) is 66.9 Å². The van der Waals surface area contributed by atoms with Crippen molar-refractivity contribution in [2.45, 2.75) is 20.4 Å². The van der Waals surface area contributed by atoms with Crippen molar-refractivity contribution in [3.05, 3.63) is 83.6 Å². The summed E-state index contributed by atoms with van der Waals surface area (Å²) in [4.78, 5) is 12.2. The number of carbonyl (C=O) groups is 1. The summed E-state index contributed by atoms with van der Waals surface area (Å²) in [7, 11) is -3.11. The molecule has 0 aliphatic heterocycles. The van der Waals surface area contributed by atoms with E-state index in [4.69, 9.17) is 5.10 Å². The maximum atomic E-state index is 12.2. The Morgan fingerprint density at radius 1 is 1.10 bits per heavy atom. The van der Waals surface area contributed by atoms with E-state index in [-0.39, 0.29) is 24.0 Å². The number of hydrogen-bond donors (Lipinski definition) is 1. The molecule has 1 aromatic heterocycles. The van der Waals surface area contributed by atoms with Crippen LogP contribution in [0.3, 0.4) is 0 Å². The molecule has 1 amide bonds. The van der Waals surface area contributed by atoms with Crippen molar-refractivity contribution in [1.29, 1.82) is 0 Å². The molecule has 3 aromatic rings. The van der Waals surface area contributed by atoms with Gasteiger partial charge in [0.2, 0.25) is 5.91 Å². The predicted octanol–water partition coefficient (Wildman–Crippen LogP) is 3.47. The lowest BCUT2D eigenvalue weighted by molar-refractivity contribution is -0.116. The maximum absolute atomic E-state index is 12.2. The largest absolute Gasteiger partial charge is 0.352 e. The third kappa shape index (κ3) is 6.65. The van der Waals surface area contributed by atoms with E-state index in [2.05, 4.69) is 5.32 Å². The molecule has 31 heavy (non-hydrogen) atoms. The van der Waals surface area contributed by atoms with Crippen LogP contribution in [-0.2, 0) is 21.2 Å². The monoisotopic (exact) mass is 437 g/mol.